The Balaban J connectivity index is 0.00000180. The highest BCUT2D eigenvalue weighted by atomic mass is 35.5. The summed E-state index contributed by atoms with van der Waals surface area (Å²) >= 11 is 1.42. The molecule has 20 heavy (non-hydrogen) atoms. The Morgan fingerprint density at radius 3 is 2.65 bits per heavy atom. The lowest BCUT2D eigenvalue weighted by Gasteiger charge is -2.02. The number of carbonyl (C=O) groups excluding carboxylic acids is 1. The number of hydrogen-bond acceptors (Lipinski definition) is 5. The smallest absolute Gasteiger partial charge is 0.267 e. The fourth-order valence-electron chi connectivity index (χ4n) is 1.42. The van der Waals surface area contributed by atoms with E-state index in [9.17, 15) is 4.79 Å². The van der Waals surface area contributed by atoms with Gasteiger partial charge < -0.3 is 11.1 Å². The van der Waals surface area contributed by atoms with Gasteiger partial charge in [-0.3, -0.25) is 4.79 Å². The molecule has 0 atom stereocenters. The summed E-state index contributed by atoms with van der Waals surface area (Å²) < 4.78 is 0. The Morgan fingerprint density at radius 1 is 1.30 bits per heavy atom. The van der Waals surface area contributed by atoms with Crippen molar-refractivity contribution in [2.75, 3.05) is 11.1 Å². The van der Waals surface area contributed by atoms with Crippen LogP contribution in [-0.4, -0.2) is 15.9 Å². The van der Waals surface area contributed by atoms with Crippen molar-refractivity contribution in [2.45, 2.75) is 19.8 Å². The monoisotopic (exact) mass is 334 g/mol. The first-order valence-corrected chi connectivity index (χ1v) is 6.48. The molecule has 0 bridgehead atoms. The van der Waals surface area contributed by atoms with Gasteiger partial charge in [0.1, 0.15) is 10.7 Å². The number of nitrogen functional groups attached to an aromatic ring is 1. The van der Waals surface area contributed by atoms with Crippen LogP contribution in [0.5, 0.6) is 0 Å². The van der Waals surface area contributed by atoms with Crippen molar-refractivity contribution < 1.29 is 4.79 Å². The Morgan fingerprint density at radius 2 is 2.05 bits per heavy atom. The fraction of sp³-hybridized carbons (Fsp3) is 0.250. The molecule has 110 valence electrons. The van der Waals surface area contributed by atoms with Gasteiger partial charge in [-0.05, 0) is 25.0 Å². The average molecular weight is 335 g/mol. The van der Waals surface area contributed by atoms with Crippen LogP contribution >= 0.6 is 36.2 Å². The van der Waals surface area contributed by atoms with Crippen LogP contribution in [0.3, 0.4) is 0 Å². The molecule has 0 fully saturated rings. The van der Waals surface area contributed by atoms with Gasteiger partial charge in [0.05, 0.1) is 23.1 Å². The van der Waals surface area contributed by atoms with Crippen LogP contribution in [0.1, 0.15) is 28.0 Å². The first-order valence-electron chi connectivity index (χ1n) is 5.66. The van der Waals surface area contributed by atoms with E-state index in [1.54, 1.807) is 18.3 Å². The van der Waals surface area contributed by atoms with Gasteiger partial charge in [0, 0.05) is 0 Å². The number of anilines is 2. The van der Waals surface area contributed by atoms with Crippen LogP contribution in [0.25, 0.3) is 0 Å². The van der Waals surface area contributed by atoms with E-state index in [-0.39, 0.29) is 30.7 Å². The highest BCUT2D eigenvalue weighted by molar-refractivity contribution is 7.13. The zero-order valence-electron chi connectivity index (χ0n) is 10.8. The van der Waals surface area contributed by atoms with Crippen molar-refractivity contribution in [3.8, 4) is 0 Å². The lowest BCUT2D eigenvalue weighted by molar-refractivity contribution is 0.103. The minimum atomic E-state index is -0.165. The zero-order chi connectivity index (χ0) is 13.0. The number of carbonyl (C=O) groups is 1. The van der Waals surface area contributed by atoms with Gasteiger partial charge in [-0.1, -0.05) is 6.92 Å². The molecule has 0 aromatic carbocycles. The summed E-state index contributed by atoms with van der Waals surface area (Å²) in [6, 6.07) is 3.36. The predicted molar refractivity (Wildman–Crippen MR) is 87.2 cm³/mol. The number of nitrogens with two attached hydrogens (primary N) is 1. The largest absolute Gasteiger partial charge is 0.384 e. The quantitative estimate of drug-likeness (QED) is 0.899. The fourth-order valence-corrected chi connectivity index (χ4v) is 2.33. The van der Waals surface area contributed by atoms with Gasteiger partial charge in [0.25, 0.3) is 5.91 Å². The number of aromatic nitrogens is 2. The number of amides is 1. The van der Waals surface area contributed by atoms with Gasteiger partial charge in [-0.15, -0.1) is 36.2 Å². The van der Waals surface area contributed by atoms with Crippen molar-refractivity contribution in [1.82, 2.24) is 9.97 Å². The summed E-state index contributed by atoms with van der Waals surface area (Å²) in [4.78, 5) is 20.6. The topological polar surface area (TPSA) is 80.9 Å². The van der Waals surface area contributed by atoms with Crippen molar-refractivity contribution in [1.29, 1.82) is 0 Å². The van der Waals surface area contributed by atoms with Crippen LogP contribution in [0, 0.1) is 0 Å². The highest BCUT2D eigenvalue weighted by Crippen LogP contribution is 2.16. The van der Waals surface area contributed by atoms with Crippen molar-refractivity contribution in [3.05, 3.63) is 34.4 Å². The maximum atomic E-state index is 11.9. The predicted octanol–water partition coefficient (Wildman–Crippen LogP) is 3.17. The second-order valence-electron chi connectivity index (χ2n) is 3.79. The SMILES string of the molecule is CCCc1ncc(C(=O)Nc2ccc(N)nc2)s1.Cl.Cl. The second-order valence-corrected chi connectivity index (χ2v) is 4.91. The molecule has 0 aliphatic heterocycles. The van der Waals surface area contributed by atoms with Gasteiger partial charge in [-0.2, -0.15) is 0 Å². The van der Waals surface area contributed by atoms with Crippen LogP contribution < -0.4 is 11.1 Å². The van der Waals surface area contributed by atoms with Crippen LogP contribution in [0.4, 0.5) is 11.5 Å². The Bertz CT molecular complexity index is 545. The van der Waals surface area contributed by atoms with Gasteiger partial charge >= 0.3 is 0 Å². The number of thiazole rings is 1. The zero-order valence-corrected chi connectivity index (χ0v) is 13.3. The summed E-state index contributed by atoms with van der Waals surface area (Å²) in [6.07, 6.45) is 5.06. The average Bonchev–Trinajstić information content (AvgIpc) is 2.81. The molecule has 0 aliphatic carbocycles. The van der Waals surface area contributed by atoms with E-state index in [1.165, 1.54) is 17.5 Å². The molecule has 2 aromatic rings. The van der Waals surface area contributed by atoms with Crippen LogP contribution in [0.2, 0.25) is 0 Å². The molecule has 0 unspecified atom stereocenters. The maximum absolute atomic E-state index is 11.9. The van der Waals surface area contributed by atoms with Crippen molar-refractivity contribution in [2.24, 2.45) is 0 Å². The number of rotatable bonds is 4. The molecule has 0 saturated heterocycles. The lowest BCUT2D eigenvalue weighted by atomic mass is 10.3. The molecule has 5 nitrogen and oxygen atoms in total. The van der Waals surface area contributed by atoms with E-state index < -0.39 is 0 Å². The molecule has 1 amide bonds. The minimum absolute atomic E-state index is 0. The van der Waals surface area contributed by atoms with Crippen molar-refractivity contribution in [3.63, 3.8) is 0 Å². The molecule has 0 saturated carbocycles. The molecule has 2 heterocycles. The standard InChI is InChI=1S/C12H14N4OS.2ClH/c1-2-3-11-15-7-9(18-11)12(17)16-8-4-5-10(13)14-6-8;;/h4-7H,2-3H2,1H3,(H2,13,14)(H,16,17);2*1H. The normalized spacial score (nSPS) is 9.25. The van der Waals surface area contributed by atoms with E-state index in [1.807, 2.05) is 0 Å². The summed E-state index contributed by atoms with van der Waals surface area (Å²) in [7, 11) is 0. The third-order valence-electron chi connectivity index (χ3n) is 2.29. The van der Waals surface area contributed by atoms with Crippen molar-refractivity contribution >= 4 is 53.6 Å². The number of hydrogen-bond donors (Lipinski definition) is 2. The molecule has 2 aromatic heterocycles. The summed E-state index contributed by atoms with van der Waals surface area (Å²) in [5.41, 5.74) is 6.10. The van der Waals surface area contributed by atoms with Crippen LogP contribution in [0.15, 0.2) is 24.5 Å². The first-order chi connectivity index (χ1) is 8.69. The molecule has 0 aliphatic rings. The number of nitrogens with one attached hydrogen (secondary N) is 1. The molecular weight excluding hydrogens is 319 g/mol. The van der Waals surface area contributed by atoms with E-state index in [0.29, 0.717) is 16.4 Å². The lowest BCUT2D eigenvalue weighted by Crippen LogP contribution is -2.10. The van der Waals surface area contributed by atoms with Gasteiger partial charge in [0.15, 0.2) is 0 Å². The van der Waals surface area contributed by atoms with E-state index in [2.05, 4.69) is 22.2 Å². The molecule has 2 rings (SSSR count). The Hall–Kier alpha value is -1.37. The molecule has 0 radical (unpaired) electrons. The third kappa shape index (κ3) is 4.96. The first kappa shape index (κ1) is 18.6. The highest BCUT2D eigenvalue weighted by Gasteiger charge is 2.10. The maximum Gasteiger partial charge on any atom is 0.267 e. The Labute approximate surface area is 133 Å². The van der Waals surface area contributed by atoms with E-state index in [4.69, 9.17) is 5.73 Å². The summed E-state index contributed by atoms with van der Waals surface area (Å²) in [6.45, 7) is 2.08. The van der Waals surface area contributed by atoms with E-state index in [0.717, 1.165) is 17.8 Å². The minimum Gasteiger partial charge on any atom is -0.384 e. The van der Waals surface area contributed by atoms with Gasteiger partial charge in [0.2, 0.25) is 0 Å². The van der Waals surface area contributed by atoms with Gasteiger partial charge in [-0.25, -0.2) is 9.97 Å². The number of halogens is 2. The second kappa shape index (κ2) is 8.73. The Kier molecular flexibility index (Phi) is 8.13. The van der Waals surface area contributed by atoms with E-state index >= 15 is 0 Å². The molecular formula is C12H16Cl2N4OS. The number of aryl methyl sites for hydroxylation is 1. The number of nitrogens with zero attached hydrogens (tertiary/aromatic N) is 2. The molecule has 0 spiro atoms. The van der Waals surface area contributed by atoms with Crippen LogP contribution in [-0.2, 0) is 6.42 Å². The number of pyridine rings is 1. The summed E-state index contributed by atoms with van der Waals surface area (Å²) in [5, 5.41) is 3.74. The molecule has 3 N–H and O–H groups in total. The third-order valence-corrected chi connectivity index (χ3v) is 3.34. The molecule has 8 heteroatoms. The summed E-state index contributed by atoms with van der Waals surface area (Å²) in [5.74, 6) is 0.262.